The van der Waals surface area contributed by atoms with Crippen molar-refractivity contribution in [2.45, 2.75) is 62.3 Å². The SMILES string of the molecule is C[N+](C)(CCCOCCOCCC[N+](C)(C)CC1CO1)CC1CO1.C[N+](C)(CCCOCCOCCOCCC[N+](C)(C)CC1CO1)CC1CO1.C[N+]1(CC2CO2)CC[N+](C)(CC2CO2)CC1.[Cl-].[Cl-].[Cl-].[Cl-].[Cl-]. The predicted octanol–water partition coefficient (Wildman–Crippen LogP) is -13.8. The largest absolute Gasteiger partial charge is 1.00 e. The summed E-state index contributed by atoms with van der Waals surface area (Å²) in [5, 5.41) is 0. The van der Waals surface area contributed by atoms with Crippen LogP contribution in [0.4, 0.5) is 0 Å². The number of halogens is 5. The van der Waals surface area contributed by atoms with Crippen molar-refractivity contribution in [3.05, 3.63) is 0 Å². The molecule has 0 aliphatic carbocycles. The van der Waals surface area contributed by atoms with Gasteiger partial charge < -0.3 is 141 Å². The van der Waals surface area contributed by atoms with Gasteiger partial charge in [-0.3, -0.25) is 0 Å². The van der Waals surface area contributed by atoms with Crippen LogP contribution >= 0.6 is 0 Å². The van der Waals surface area contributed by atoms with Crippen molar-refractivity contribution in [1.29, 1.82) is 0 Å². The van der Waals surface area contributed by atoms with Gasteiger partial charge in [-0.15, -0.1) is 0 Å². The lowest BCUT2D eigenvalue weighted by Crippen LogP contribution is -3.00. The maximum absolute atomic E-state index is 5.67. The maximum atomic E-state index is 5.67. The van der Waals surface area contributed by atoms with Gasteiger partial charge in [0.05, 0.1) is 202 Å². The summed E-state index contributed by atoms with van der Waals surface area (Å²) in [6, 6.07) is 0. The Hall–Kier alpha value is 0.770. The van der Waals surface area contributed by atoms with Gasteiger partial charge in [0.2, 0.25) is 0 Å². The molecule has 7 saturated heterocycles. The Morgan fingerprint density at radius 3 is 0.681 bits per heavy atom. The van der Waals surface area contributed by atoms with Crippen LogP contribution in [-0.2, 0) is 52.1 Å². The van der Waals surface area contributed by atoms with E-state index in [0.717, 1.165) is 162 Å². The quantitative estimate of drug-likeness (QED) is 0.0336. The maximum Gasteiger partial charge on any atom is 0.130 e. The Bertz CT molecular complexity index is 1260. The summed E-state index contributed by atoms with van der Waals surface area (Å²) < 4.78 is 66.6. The highest BCUT2D eigenvalue weighted by Crippen LogP contribution is 2.24. The Balaban J connectivity index is 0.00000104. The van der Waals surface area contributed by atoms with Crippen LogP contribution in [0, 0.1) is 0 Å². The Kier molecular flexibility index (Phi) is 36.5. The predicted molar refractivity (Wildman–Crippen MR) is 260 cm³/mol. The molecule has 17 nitrogen and oxygen atoms in total. The van der Waals surface area contributed by atoms with Crippen molar-refractivity contribution >= 4 is 0 Å². The second-order valence-corrected chi connectivity index (χ2v) is 24.1. The molecular weight excluding hydrogens is 1040 g/mol. The first-order chi connectivity index (χ1) is 31.8. The third-order valence-electron chi connectivity index (χ3n) is 14.2. The van der Waals surface area contributed by atoms with E-state index in [1.165, 1.54) is 48.2 Å². The third-order valence-corrected chi connectivity index (χ3v) is 14.2. The lowest BCUT2D eigenvalue weighted by molar-refractivity contribution is -1.02. The Morgan fingerprint density at radius 2 is 0.500 bits per heavy atom. The molecule has 7 aliphatic rings. The van der Waals surface area contributed by atoms with Gasteiger partial charge in [-0.25, -0.2) is 0 Å². The molecule has 0 saturated carbocycles. The van der Waals surface area contributed by atoms with Gasteiger partial charge in [-0.05, 0) is 0 Å². The topological polar surface area (TPSA) is 121 Å². The van der Waals surface area contributed by atoms with Gasteiger partial charge in [-0.2, -0.15) is 0 Å². The highest BCUT2D eigenvalue weighted by Gasteiger charge is 2.44. The van der Waals surface area contributed by atoms with Crippen LogP contribution < -0.4 is 62.0 Å². The summed E-state index contributed by atoms with van der Waals surface area (Å²) in [7, 11) is 22.9. The summed E-state index contributed by atoms with van der Waals surface area (Å²) in [5.74, 6) is 0. The number of epoxide rings is 6. The molecule has 0 aromatic rings. The van der Waals surface area contributed by atoms with E-state index in [2.05, 4.69) is 70.5 Å². The fourth-order valence-corrected chi connectivity index (χ4v) is 9.39. The normalized spacial score (nSPS) is 27.6. The van der Waals surface area contributed by atoms with Crippen LogP contribution in [0.5, 0.6) is 0 Å². The van der Waals surface area contributed by atoms with E-state index in [9.17, 15) is 0 Å². The minimum atomic E-state index is 0. The summed E-state index contributed by atoms with van der Waals surface area (Å²) >= 11 is 0. The molecule has 0 bridgehead atoms. The Morgan fingerprint density at radius 1 is 0.319 bits per heavy atom. The lowest BCUT2D eigenvalue weighted by atomic mass is 10.2. The van der Waals surface area contributed by atoms with Crippen LogP contribution in [-0.4, -0.2) is 331 Å². The average molecular weight is 1140 g/mol. The van der Waals surface area contributed by atoms with Crippen molar-refractivity contribution in [3.63, 3.8) is 0 Å². The number of ether oxygens (including phenoxy) is 11. The molecule has 72 heavy (non-hydrogen) atoms. The third kappa shape index (κ3) is 37.6. The minimum absolute atomic E-state index is 0. The molecule has 7 fully saturated rings. The molecule has 434 valence electrons. The van der Waals surface area contributed by atoms with E-state index in [-0.39, 0.29) is 62.0 Å². The first kappa shape index (κ1) is 72.8. The highest BCUT2D eigenvalue weighted by molar-refractivity contribution is 4.72. The van der Waals surface area contributed by atoms with E-state index in [0.29, 0.717) is 76.3 Å². The molecule has 0 radical (unpaired) electrons. The van der Waals surface area contributed by atoms with E-state index >= 15 is 0 Å². The van der Waals surface area contributed by atoms with Crippen molar-refractivity contribution in [2.75, 3.05) is 268 Å². The number of likely N-dealkylation sites (N-methyl/N-ethyl adjacent to an activating group) is 6. The summed E-state index contributed by atoms with van der Waals surface area (Å²) in [5.41, 5.74) is 0. The monoisotopic (exact) mass is 1140 g/mol. The second kappa shape index (κ2) is 36.1. The zero-order valence-electron chi connectivity index (χ0n) is 46.6. The fraction of sp³-hybridized carbons (Fsp3) is 1.00. The fourth-order valence-electron chi connectivity index (χ4n) is 9.39. The van der Waals surface area contributed by atoms with E-state index in [1.54, 1.807) is 0 Å². The number of hydrogen-bond acceptors (Lipinski definition) is 11. The van der Waals surface area contributed by atoms with Crippen LogP contribution in [0.1, 0.15) is 25.7 Å². The number of hydrogen-bond donors (Lipinski definition) is 0. The molecule has 7 heterocycles. The molecular formula is C50H104Cl5N6O11+. The summed E-state index contributed by atoms with van der Waals surface area (Å²) in [4.78, 5) is 0. The van der Waals surface area contributed by atoms with Crippen LogP contribution in [0.15, 0.2) is 0 Å². The van der Waals surface area contributed by atoms with Gasteiger partial charge in [0, 0.05) is 25.7 Å². The van der Waals surface area contributed by atoms with Crippen molar-refractivity contribution in [1.82, 2.24) is 0 Å². The molecule has 0 spiro atoms. The second-order valence-electron chi connectivity index (χ2n) is 24.1. The number of nitrogens with zero attached hydrogens (tertiary/aromatic N) is 6. The first-order valence-corrected chi connectivity index (χ1v) is 26.3. The Labute approximate surface area is 468 Å². The molecule has 0 N–H and O–H groups in total. The van der Waals surface area contributed by atoms with Gasteiger partial charge in [-0.1, -0.05) is 0 Å². The molecule has 6 atom stereocenters. The van der Waals surface area contributed by atoms with Gasteiger partial charge in [0.1, 0.15) is 102 Å². The summed E-state index contributed by atoms with van der Waals surface area (Å²) in [6.07, 6.45) is 7.42. The lowest BCUT2D eigenvalue weighted by Gasteiger charge is -2.46. The van der Waals surface area contributed by atoms with E-state index in [1.807, 2.05) is 0 Å². The molecule has 0 aromatic heterocycles. The zero-order chi connectivity index (χ0) is 48.3. The number of piperazine rings is 1. The molecule has 22 heteroatoms. The minimum Gasteiger partial charge on any atom is -1.00 e. The molecule has 0 aromatic carbocycles. The average Bonchev–Trinajstić information content (AvgIpc) is 4.00. The summed E-state index contributed by atoms with van der Waals surface area (Å²) in [6.45, 7) is 29.6. The van der Waals surface area contributed by atoms with Crippen LogP contribution in [0.25, 0.3) is 0 Å². The van der Waals surface area contributed by atoms with E-state index < -0.39 is 0 Å². The van der Waals surface area contributed by atoms with Crippen molar-refractivity contribution in [2.24, 2.45) is 0 Å². The van der Waals surface area contributed by atoms with Gasteiger partial charge in [0.25, 0.3) is 0 Å². The zero-order valence-corrected chi connectivity index (χ0v) is 50.3. The molecule has 7 rings (SSSR count). The molecule has 7 aliphatic heterocycles. The van der Waals surface area contributed by atoms with Crippen molar-refractivity contribution in [3.8, 4) is 0 Å². The molecule has 0 amide bonds. The standard InChI is InChI=1S/C20H42N2O5.C18H38N2O4.C12H24N2O2.5ClH/c1-21(2,15-19-17-26-19)7-5-9-23-11-13-25-14-12-24-10-6-8-22(3,4)16-20-18-27-20;1-19(2,13-17-15-23-17)7-5-9-21-11-12-22-10-6-8-20(3,4)14-18-16-24-18;1-13(7-11-9-15-11)3-5-14(2,6-4-13)8-12-10-16-12;;;;;/h19-20H,5-18H2,1-4H3;17-18H,5-16H2,1-4H3;11-12H,3-10H2,1-2H3;5*1H/q3*+2;;;;;/p-5. The highest BCUT2D eigenvalue weighted by atomic mass is 35.5. The van der Waals surface area contributed by atoms with Crippen LogP contribution in [0.3, 0.4) is 0 Å². The number of rotatable bonds is 37. The van der Waals surface area contributed by atoms with E-state index in [4.69, 9.17) is 52.1 Å². The van der Waals surface area contributed by atoms with Gasteiger partial charge in [0.15, 0.2) is 0 Å². The van der Waals surface area contributed by atoms with Gasteiger partial charge >= 0.3 is 0 Å². The smallest absolute Gasteiger partial charge is 0.130 e. The number of quaternary nitrogens is 6. The van der Waals surface area contributed by atoms with Crippen molar-refractivity contribution < 1.29 is 141 Å². The molecule has 6 unspecified atom stereocenters. The first-order valence-electron chi connectivity index (χ1n) is 26.3. The van der Waals surface area contributed by atoms with Crippen LogP contribution in [0.2, 0.25) is 0 Å².